The Hall–Kier alpha value is -4.77. The lowest BCUT2D eigenvalue weighted by Gasteiger charge is -2.22. The van der Waals surface area contributed by atoms with Gasteiger partial charge < -0.3 is 14.4 Å². The van der Waals surface area contributed by atoms with Crippen molar-refractivity contribution in [1.29, 1.82) is 5.26 Å². The highest BCUT2D eigenvalue weighted by Crippen LogP contribution is 2.30. The van der Waals surface area contributed by atoms with Crippen LogP contribution in [-0.4, -0.2) is 43.2 Å². The molecule has 0 fully saturated rings. The zero-order valence-electron chi connectivity index (χ0n) is 19.5. The summed E-state index contributed by atoms with van der Waals surface area (Å²) in [6.07, 6.45) is 0.0785. The average molecular weight is 482 g/mol. The first kappa shape index (κ1) is 24.4. The highest BCUT2D eigenvalue weighted by atomic mass is 16.5. The maximum atomic E-state index is 13.1. The van der Waals surface area contributed by atoms with Crippen LogP contribution < -0.4 is 9.64 Å². The predicted octanol–water partition coefficient (Wildman–Crippen LogP) is 3.96. The van der Waals surface area contributed by atoms with E-state index in [4.69, 9.17) is 14.7 Å². The normalized spacial score (nSPS) is 11.7. The lowest BCUT2D eigenvalue weighted by molar-refractivity contribution is -0.121. The van der Waals surface area contributed by atoms with Crippen molar-refractivity contribution in [3.8, 4) is 11.8 Å². The maximum Gasteiger partial charge on any atom is 0.339 e. The molecule has 1 aliphatic carbocycles. The van der Waals surface area contributed by atoms with Crippen LogP contribution in [0.3, 0.4) is 0 Å². The summed E-state index contributed by atoms with van der Waals surface area (Å²) in [6, 6.07) is 19.6. The number of amides is 1. The Balaban J connectivity index is 1.54. The number of carbonyl (C=O) groups is 4. The smallest absolute Gasteiger partial charge is 0.339 e. The minimum atomic E-state index is -0.896. The molecule has 36 heavy (non-hydrogen) atoms. The van der Waals surface area contributed by atoms with Crippen LogP contribution >= 0.6 is 0 Å². The van der Waals surface area contributed by atoms with Gasteiger partial charge in [0.05, 0.1) is 24.7 Å². The predicted molar refractivity (Wildman–Crippen MR) is 130 cm³/mol. The quantitative estimate of drug-likeness (QED) is 0.349. The third-order valence-electron chi connectivity index (χ3n) is 5.71. The van der Waals surface area contributed by atoms with Crippen LogP contribution in [-0.2, 0) is 9.53 Å². The first-order valence-electron chi connectivity index (χ1n) is 11.3. The SMILES string of the molecule is CCOc1ccc(N(CCC#N)C(=O)COC(=O)c2cccc3c2C(=O)c2ccccc2C3=O)cc1. The van der Waals surface area contributed by atoms with Gasteiger partial charge in [0, 0.05) is 34.5 Å². The summed E-state index contributed by atoms with van der Waals surface area (Å²) in [5.74, 6) is -1.61. The number of anilines is 1. The van der Waals surface area contributed by atoms with E-state index in [1.165, 1.54) is 29.2 Å². The summed E-state index contributed by atoms with van der Waals surface area (Å²) in [7, 11) is 0. The van der Waals surface area contributed by atoms with Crippen molar-refractivity contribution >= 4 is 29.1 Å². The fraction of sp³-hybridized carbons (Fsp3) is 0.179. The average Bonchev–Trinajstić information content (AvgIpc) is 2.91. The number of esters is 1. The summed E-state index contributed by atoms with van der Waals surface area (Å²) in [5.41, 5.74) is 1.00. The summed E-state index contributed by atoms with van der Waals surface area (Å²) in [6.45, 7) is 1.84. The monoisotopic (exact) mass is 482 g/mol. The first-order chi connectivity index (χ1) is 17.5. The minimum absolute atomic E-state index is 0.0356. The van der Waals surface area contributed by atoms with Crippen LogP contribution in [0.2, 0.25) is 0 Å². The van der Waals surface area contributed by atoms with Gasteiger partial charge in [-0.2, -0.15) is 5.26 Å². The molecule has 0 aliphatic heterocycles. The molecule has 0 spiro atoms. The topological polar surface area (TPSA) is 114 Å². The molecule has 0 unspecified atom stereocenters. The molecule has 1 aliphatic rings. The van der Waals surface area contributed by atoms with Crippen molar-refractivity contribution in [2.45, 2.75) is 13.3 Å². The van der Waals surface area contributed by atoms with Crippen molar-refractivity contribution < 1.29 is 28.7 Å². The fourth-order valence-corrected chi connectivity index (χ4v) is 4.05. The lowest BCUT2D eigenvalue weighted by Crippen LogP contribution is -2.35. The molecule has 0 bridgehead atoms. The molecule has 1 amide bonds. The van der Waals surface area contributed by atoms with Crippen molar-refractivity contribution in [3.63, 3.8) is 0 Å². The van der Waals surface area contributed by atoms with E-state index in [2.05, 4.69) is 0 Å². The largest absolute Gasteiger partial charge is 0.494 e. The van der Waals surface area contributed by atoms with Gasteiger partial charge >= 0.3 is 5.97 Å². The Morgan fingerprint density at radius 1 is 0.889 bits per heavy atom. The Bertz CT molecular complexity index is 1390. The molecule has 0 saturated heterocycles. The molecule has 0 radical (unpaired) electrons. The van der Waals surface area contributed by atoms with Gasteiger partial charge in [0.1, 0.15) is 5.75 Å². The number of hydrogen-bond donors (Lipinski definition) is 0. The summed E-state index contributed by atoms with van der Waals surface area (Å²) >= 11 is 0. The Labute approximate surface area is 207 Å². The number of fused-ring (bicyclic) bond motifs is 2. The standard InChI is InChI=1S/C28H22N2O6/c1-2-35-19-13-11-18(12-14-19)30(16-6-15-29)24(31)17-36-28(34)23-10-5-9-22-25(23)27(33)21-8-4-3-7-20(21)26(22)32/h3-5,7-14H,2,6,16-17H2,1H3. The van der Waals surface area contributed by atoms with E-state index in [-0.39, 0.29) is 46.6 Å². The molecule has 8 heteroatoms. The zero-order chi connectivity index (χ0) is 25.7. The van der Waals surface area contributed by atoms with E-state index in [9.17, 15) is 19.2 Å². The number of hydrogen-bond acceptors (Lipinski definition) is 7. The van der Waals surface area contributed by atoms with Crippen molar-refractivity contribution in [1.82, 2.24) is 0 Å². The summed E-state index contributed by atoms with van der Waals surface area (Å²) < 4.78 is 10.7. The molecule has 3 aromatic carbocycles. The number of carbonyl (C=O) groups excluding carboxylic acids is 4. The van der Waals surface area contributed by atoms with Gasteiger partial charge in [0.15, 0.2) is 18.2 Å². The van der Waals surface area contributed by atoms with Crippen LogP contribution in [0.25, 0.3) is 0 Å². The van der Waals surface area contributed by atoms with E-state index in [0.717, 1.165) is 0 Å². The molecule has 0 heterocycles. The third kappa shape index (κ3) is 4.72. The lowest BCUT2D eigenvalue weighted by atomic mass is 9.82. The number of ether oxygens (including phenoxy) is 2. The number of benzene rings is 3. The number of ketones is 2. The van der Waals surface area contributed by atoms with Crippen LogP contribution in [0.1, 0.15) is 55.5 Å². The van der Waals surface area contributed by atoms with E-state index in [1.54, 1.807) is 42.5 Å². The fourth-order valence-electron chi connectivity index (χ4n) is 4.05. The summed E-state index contributed by atoms with van der Waals surface area (Å²) in [5, 5.41) is 9.00. The van der Waals surface area contributed by atoms with Crippen LogP contribution in [0.15, 0.2) is 66.7 Å². The van der Waals surface area contributed by atoms with Crippen molar-refractivity contribution in [2.24, 2.45) is 0 Å². The van der Waals surface area contributed by atoms with Gasteiger partial charge in [-0.05, 0) is 37.3 Å². The Morgan fingerprint density at radius 2 is 1.56 bits per heavy atom. The molecule has 3 aromatic rings. The zero-order valence-corrected chi connectivity index (χ0v) is 19.5. The summed E-state index contributed by atoms with van der Waals surface area (Å²) in [4.78, 5) is 53.3. The molecule has 0 saturated carbocycles. The van der Waals surface area contributed by atoms with E-state index >= 15 is 0 Å². The highest BCUT2D eigenvalue weighted by Gasteiger charge is 2.33. The number of nitrogens with zero attached hydrogens (tertiary/aromatic N) is 2. The van der Waals surface area contributed by atoms with Gasteiger partial charge in [0.2, 0.25) is 0 Å². The molecular formula is C28H22N2O6. The van der Waals surface area contributed by atoms with Crippen molar-refractivity contribution in [2.75, 3.05) is 24.7 Å². The Kier molecular flexibility index (Phi) is 7.21. The molecule has 4 rings (SSSR count). The second kappa shape index (κ2) is 10.7. The van der Waals surface area contributed by atoms with Gasteiger partial charge in [0.25, 0.3) is 5.91 Å². The van der Waals surface area contributed by atoms with Gasteiger partial charge in [-0.1, -0.05) is 36.4 Å². The Morgan fingerprint density at radius 3 is 2.22 bits per heavy atom. The first-order valence-corrected chi connectivity index (χ1v) is 11.3. The second-order valence-electron chi connectivity index (χ2n) is 7.89. The second-order valence-corrected chi connectivity index (χ2v) is 7.89. The molecular weight excluding hydrogens is 460 g/mol. The van der Waals surface area contributed by atoms with Gasteiger partial charge in [-0.15, -0.1) is 0 Å². The molecule has 0 aromatic heterocycles. The van der Waals surface area contributed by atoms with Gasteiger partial charge in [-0.3, -0.25) is 14.4 Å². The van der Waals surface area contributed by atoms with Crippen LogP contribution in [0.5, 0.6) is 5.75 Å². The molecule has 0 atom stereocenters. The van der Waals surface area contributed by atoms with Crippen molar-refractivity contribution in [3.05, 3.63) is 94.5 Å². The van der Waals surface area contributed by atoms with Crippen LogP contribution in [0, 0.1) is 11.3 Å². The third-order valence-corrected chi connectivity index (χ3v) is 5.71. The molecule has 180 valence electrons. The van der Waals surface area contributed by atoms with Crippen LogP contribution in [0.4, 0.5) is 5.69 Å². The van der Waals surface area contributed by atoms with E-state index in [0.29, 0.717) is 18.0 Å². The number of rotatable bonds is 8. The molecule has 0 N–H and O–H groups in total. The maximum absolute atomic E-state index is 13.1. The molecule has 8 nitrogen and oxygen atoms in total. The van der Waals surface area contributed by atoms with E-state index < -0.39 is 24.3 Å². The highest BCUT2D eigenvalue weighted by molar-refractivity contribution is 6.30. The van der Waals surface area contributed by atoms with Gasteiger partial charge in [-0.25, -0.2) is 4.79 Å². The van der Waals surface area contributed by atoms with E-state index in [1.807, 2.05) is 13.0 Å². The number of nitriles is 1. The minimum Gasteiger partial charge on any atom is -0.494 e.